The van der Waals surface area contributed by atoms with Crippen LogP contribution in [-0.2, 0) is 11.3 Å². The number of nitrogens with zero attached hydrogens (tertiary/aromatic N) is 1. The second-order valence-electron chi connectivity index (χ2n) is 4.81. The summed E-state index contributed by atoms with van der Waals surface area (Å²) in [5, 5.41) is 3.39. The zero-order chi connectivity index (χ0) is 15.6. The third-order valence-corrected chi connectivity index (χ3v) is 3.76. The first-order valence-corrected chi connectivity index (χ1v) is 7.46. The zero-order valence-electron chi connectivity index (χ0n) is 11.6. The van der Waals surface area contributed by atoms with Crippen molar-refractivity contribution in [2.24, 2.45) is 0 Å². The number of nitrogens with one attached hydrogen (secondary N) is 1. The standard InChI is InChI=1S/C15H14BrClN2O2/c1-9-5-12(16)15(21)19(7-9)8-14(20)18-13-4-3-11(17)6-10(13)2/h3-7H,8H2,1-2H3,(H,18,20). The van der Waals surface area contributed by atoms with Crippen LogP contribution in [0.5, 0.6) is 0 Å². The quantitative estimate of drug-likeness (QED) is 0.900. The number of rotatable bonds is 3. The van der Waals surface area contributed by atoms with Gasteiger partial charge in [-0.15, -0.1) is 0 Å². The SMILES string of the molecule is Cc1cc(Br)c(=O)n(CC(=O)Nc2ccc(Cl)cc2C)c1. The molecule has 6 heteroatoms. The van der Waals surface area contributed by atoms with Crippen molar-refractivity contribution in [3.05, 3.63) is 61.4 Å². The van der Waals surface area contributed by atoms with Gasteiger partial charge in [0.2, 0.25) is 5.91 Å². The zero-order valence-corrected chi connectivity index (χ0v) is 14.0. The smallest absolute Gasteiger partial charge is 0.265 e. The molecule has 0 aliphatic heterocycles. The Labute approximate surface area is 135 Å². The van der Waals surface area contributed by atoms with E-state index in [1.54, 1.807) is 30.5 Å². The molecule has 2 rings (SSSR count). The number of aryl methyl sites for hydroxylation is 2. The number of anilines is 1. The van der Waals surface area contributed by atoms with Crippen LogP contribution >= 0.6 is 27.5 Å². The van der Waals surface area contributed by atoms with E-state index in [4.69, 9.17) is 11.6 Å². The minimum Gasteiger partial charge on any atom is -0.324 e. The number of halogens is 2. The number of pyridine rings is 1. The molecule has 0 aliphatic carbocycles. The van der Waals surface area contributed by atoms with Crippen LogP contribution in [0, 0.1) is 13.8 Å². The van der Waals surface area contributed by atoms with Gasteiger partial charge >= 0.3 is 0 Å². The molecule has 0 aliphatic rings. The third-order valence-electron chi connectivity index (χ3n) is 2.96. The first-order chi connectivity index (χ1) is 9.86. The maximum absolute atomic E-state index is 12.1. The Morgan fingerprint density at radius 1 is 1.33 bits per heavy atom. The summed E-state index contributed by atoms with van der Waals surface area (Å²) in [6, 6.07) is 6.94. The van der Waals surface area contributed by atoms with Gasteiger partial charge in [-0.3, -0.25) is 9.59 Å². The van der Waals surface area contributed by atoms with E-state index < -0.39 is 0 Å². The lowest BCUT2D eigenvalue weighted by atomic mass is 10.2. The molecule has 0 unspecified atom stereocenters. The minimum absolute atomic E-state index is 0.0405. The predicted octanol–water partition coefficient (Wildman–Crippen LogP) is 3.52. The number of benzene rings is 1. The van der Waals surface area contributed by atoms with Crippen LogP contribution in [0.1, 0.15) is 11.1 Å². The lowest BCUT2D eigenvalue weighted by molar-refractivity contribution is -0.116. The van der Waals surface area contributed by atoms with E-state index in [0.29, 0.717) is 15.2 Å². The number of amides is 1. The normalized spacial score (nSPS) is 10.5. The molecule has 110 valence electrons. The maximum atomic E-state index is 12.1. The van der Waals surface area contributed by atoms with Gasteiger partial charge in [-0.25, -0.2) is 0 Å². The summed E-state index contributed by atoms with van der Waals surface area (Å²) in [5.41, 5.74) is 2.22. The lowest BCUT2D eigenvalue weighted by Gasteiger charge is -2.11. The van der Waals surface area contributed by atoms with Gasteiger partial charge in [0.05, 0.1) is 4.47 Å². The maximum Gasteiger partial charge on any atom is 0.265 e. The molecule has 21 heavy (non-hydrogen) atoms. The molecule has 0 bridgehead atoms. The van der Waals surface area contributed by atoms with Gasteiger partial charge in [-0.2, -0.15) is 0 Å². The Balaban J connectivity index is 2.17. The van der Waals surface area contributed by atoms with Crippen molar-refractivity contribution in [3.8, 4) is 0 Å². The van der Waals surface area contributed by atoms with Crippen molar-refractivity contribution in [2.45, 2.75) is 20.4 Å². The number of carbonyl (C=O) groups excluding carboxylic acids is 1. The van der Waals surface area contributed by atoms with Crippen LogP contribution < -0.4 is 10.9 Å². The van der Waals surface area contributed by atoms with Crippen LogP contribution in [0.3, 0.4) is 0 Å². The Bertz CT molecular complexity index is 756. The summed E-state index contributed by atoms with van der Waals surface area (Å²) < 4.78 is 1.82. The highest BCUT2D eigenvalue weighted by Gasteiger charge is 2.09. The average Bonchev–Trinajstić information content (AvgIpc) is 2.38. The first-order valence-electron chi connectivity index (χ1n) is 6.29. The van der Waals surface area contributed by atoms with Crippen molar-refractivity contribution in [1.82, 2.24) is 4.57 Å². The van der Waals surface area contributed by atoms with Crippen molar-refractivity contribution in [1.29, 1.82) is 0 Å². The Hall–Kier alpha value is -1.59. The fourth-order valence-corrected chi connectivity index (χ4v) is 2.79. The van der Waals surface area contributed by atoms with E-state index >= 15 is 0 Å². The van der Waals surface area contributed by atoms with Gasteiger partial charge in [0.1, 0.15) is 6.54 Å². The summed E-state index contributed by atoms with van der Waals surface area (Å²) in [4.78, 5) is 24.0. The minimum atomic E-state index is -0.264. The summed E-state index contributed by atoms with van der Waals surface area (Å²) >= 11 is 9.07. The molecule has 2 aromatic rings. The average molecular weight is 370 g/mol. The van der Waals surface area contributed by atoms with E-state index in [-0.39, 0.29) is 18.0 Å². The van der Waals surface area contributed by atoms with Crippen LogP contribution in [-0.4, -0.2) is 10.5 Å². The number of hydrogen-bond acceptors (Lipinski definition) is 2. The molecule has 0 saturated carbocycles. The molecule has 1 aromatic carbocycles. The molecule has 0 radical (unpaired) electrons. The van der Waals surface area contributed by atoms with Gasteiger partial charge in [0.15, 0.2) is 0 Å². The summed E-state index contributed by atoms with van der Waals surface area (Å²) in [7, 11) is 0. The molecule has 0 saturated heterocycles. The molecule has 1 heterocycles. The van der Waals surface area contributed by atoms with Gasteiger partial charge in [0.25, 0.3) is 5.56 Å². The Kier molecular flexibility index (Phi) is 4.85. The topological polar surface area (TPSA) is 51.1 Å². The number of carbonyl (C=O) groups is 1. The molecule has 4 nitrogen and oxygen atoms in total. The van der Waals surface area contributed by atoms with E-state index in [1.807, 2.05) is 13.8 Å². The monoisotopic (exact) mass is 368 g/mol. The molecular weight excluding hydrogens is 356 g/mol. The lowest BCUT2D eigenvalue weighted by Crippen LogP contribution is -2.28. The van der Waals surface area contributed by atoms with E-state index in [0.717, 1.165) is 11.1 Å². The molecule has 1 N–H and O–H groups in total. The molecule has 0 spiro atoms. The molecule has 0 atom stereocenters. The first kappa shape index (κ1) is 15.8. The Morgan fingerprint density at radius 2 is 2.05 bits per heavy atom. The van der Waals surface area contributed by atoms with Gasteiger partial charge in [0, 0.05) is 16.9 Å². The third kappa shape index (κ3) is 3.95. The fraction of sp³-hybridized carbons (Fsp3) is 0.200. The predicted molar refractivity (Wildman–Crippen MR) is 88.0 cm³/mol. The summed E-state index contributed by atoms with van der Waals surface area (Å²) in [6.45, 7) is 3.68. The molecule has 0 fully saturated rings. The van der Waals surface area contributed by atoms with E-state index in [9.17, 15) is 9.59 Å². The molecule has 1 amide bonds. The second kappa shape index (κ2) is 6.45. The Morgan fingerprint density at radius 3 is 2.71 bits per heavy atom. The van der Waals surface area contributed by atoms with Crippen LogP contribution in [0.15, 0.2) is 39.7 Å². The molecular formula is C15H14BrClN2O2. The van der Waals surface area contributed by atoms with Crippen molar-refractivity contribution < 1.29 is 4.79 Å². The second-order valence-corrected chi connectivity index (χ2v) is 6.10. The highest BCUT2D eigenvalue weighted by atomic mass is 79.9. The summed E-state index contributed by atoms with van der Waals surface area (Å²) in [5.74, 6) is -0.264. The summed E-state index contributed by atoms with van der Waals surface area (Å²) in [6.07, 6.45) is 1.65. The highest BCUT2D eigenvalue weighted by Crippen LogP contribution is 2.19. The van der Waals surface area contributed by atoms with Crippen molar-refractivity contribution in [2.75, 3.05) is 5.32 Å². The number of aromatic nitrogens is 1. The van der Waals surface area contributed by atoms with E-state index in [1.165, 1.54) is 4.57 Å². The van der Waals surface area contributed by atoms with Gasteiger partial charge in [-0.1, -0.05) is 11.6 Å². The van der Waals surface area contributed by atoms with Crippen LogP contribution in [0.2, 0.25) is 5.02 Å². The largest absolute Gasteiger partial charge is 0.324 e. The highest BCUT2D eigenvalue weighted by molar-refractivity contribution is 9.10. The van der Waals surface area contributed by atoms with Gasteiger partial charge in [-0.05, 0) is 65.2 Å². The van der Waals surface area contributed by atoms with Crippen molar-refractivity contribution >= 4 is 39.1 Å². The van der Waals surface area contributed by atoms with Gasteiger partial charge < -0.3 is 9.88 Å². The number of hydrogen-bond donors (Lipinski definition) is 1. The van der Waals surface area contributed by atoms with Crippen LogP contribution in [0.25, 0.3) is 0 Å². The van der Waals surface area contributed by atoms with E-state index in [2.05, 4.69) is 21.2 Å². The molecule has 1 aromatic heterocycles. The van der Waals surface area contributed by atoms with Crippen LogP contribution in [0.4, 0.5) is 5.69 Å². The fourth-order valence-electron chi connectivity index (χ4n) is 1.97. The van der Waals surface area contributed by atoms with Crippen molar-refractivity contribution in [3.63, 3.8) is 0 Å².